The van der Waals surface area contributed by atoms with Crippen LogP contribution in [0.15, 0.2) is 41.2 Å². The fourth-order valence-electron chi connectivity index (χ4n) is 5.97. The number of ether oxygens (including phenoxy) is 2. The largest absolute Gasteiger partial charge is 0.465 e. The van der Waals surface area contributed by atoms with Crippen molar-refractivity contribution in [3.8, 4) is 0 Å². The number of benzene rings is 2. The van der Waals surface area contributed by atoms with Crippen LogP contribution in [0.4, 0.5) is 0 Å². The maximum absolute atomic E-state index is 13.8. The number of esters is 2. The minimum absolute atomic E-state index is 0.00353. The molecule has 3 aromatic rings. The van der Waals surface area contributed by atoms with Crippen LogP contribution in [0.25, 0.3) is 20.2 Å². The van der Waals surface area contributed by atoms with Gasteiger partial charge in [-0.25, -0.2) is 8.42 Å². The zero-order valence-corrected chi connectivity index (χ0v) is 33.1. The fourth-order valence-corrected chi connectivity index (χ4v) is 9.84. The molecular formula is C39H56O8S3. The van der Waals surface area contributed by atoms with Crippen LogP contribution in [-0.4, -0.2) is 49.3 Å². The molecule has 5 unspecified atom stereocenters. The van der Waals surface area contributed by atoms with Crippen LogP contribution in [0, 0.1) is 11.8 Å². The first-order valence-electron chi connectivity index (χ1n) is 18.3. The molecule has 278 valence electrons. The lowest BCUT2D eigenvalue weighted by Crippen LogP contribution is -2.20. The molecule has 0 bridgehead atoms. The van der Waals surface area contributed by atoms with Crippen LogP contribution in [-0.2, 0) is 39.7 Å². The standard InChI is InChI=1S/C39H56O8S3/c1-7-11-15-29(9-3)25-46-36(40)19-21-49(43)27(5)33-23-31(24-34-38(42)32-17-13-14-18-35(32)48-39(33)34)28(6)50(44,45)22-20-37(41)47-26-30(10-4)16-12-8-2/h13-14,17-18,23-24,27-30H,7-12,15-16,19-22,25-26H2,1-6H3. The van der Waals surface area contributed by atoms with Gasteiger partial charge in [0.05, 0.1) is 42.3 Å². The summed E-state index contributed by atoms with van der Waals surface area (Å²) in [6.45, 7) is 12.4. The average molecular weight is 749 g/mol. The first kappa shape index (κ1) is 41.8. The Morgan fingerprint density at radius 3 is 2.00 bits per heavy atom. The molecule has 0 amide bonds. The van der Waals surface area contributed by atoms with Gasteiger partial charge in [0.25, 0.3) is 0 Å². The van der Waals surface area contributed by atoms with Gasteiger partial charge < -0.3 is 9.47 Å². The molecule has 0 spiro atoms. The summed E-state index contributed by atoms with van der Waals surface area (Å²) in [6.07, 6.45) is 7.78. The Morgan fingerprint density at radius 2 is 1.42 bits per heavy atom. The lowest BCUT2D eigenvalue weighted by Gasteiger charge is -2.20. The Morgan fingerprint density at radius 1 is 0.840 bits per heavy atom. The molecule has 0 saturated heterocycles. The number of carbonyl (C=O) groups excluding carboxylic acids is 2. The molecule has 50 heavy (non-hydrogen) atoms. The van der Waals surface area contributed by atoms with E-state index < -0.39 is 42.9 Å². The minimum atomic E-state index is -3.83. The van der Waals surface area contributed by atoms with Crippen molar-refractivity contribution in [1.82, 2.24) is 0 Å². The molecule has 2 aromatic carbocycles. The highest BCUT2D eigenvalue weighted by Crippen LogP contribution is 2.37. The second-order valence-electron chi connectivity index (χ2n) is 13.3. The lowest BCUT2D eigenvalue weighted by molar-refractivity contribution is -0.145. The summed E-state index contributed by atoms with van der Waals surface area (Å²) in [4.78, 5) is 38.9. The zero-order valence-electron chi connectivity index (χ0n) is 30.7. The van der Waals surface area contributed by atoms with Crippen LogP contribution in [0.5, 0.6) is 0 Å². The van der Waals surface area contributed by atoms with Crippen molar-refractivity contribution in [3.63, 3.8) is 0 Å². The molecule has 5 atom stereocenters. The lowest BCUT2D eigenvalue weighted by atomic mass is 10.0. The molecule has 8 nitrogen and oxygen atoms in total. The summed E-state index contributed by atoms with van der Waals surface area (Å²) in [5, 5.41) is -0.742. The number of fused-ring (bicyclic) bond motifs is 2. The molecule has 11 heteroatoms. The fraction of sp³-hybridized carbons (Fsp3) is 0.615. The van der Waals surface area contributed by atoms with Gasteiger partial charge in [0.2, 0.25) is 0 Å². The van der Waals surface area contributed by atoms with Crippen molar-refractivity contribution >= 4 is 64.1 Å². The zero-order chi connectivity index (χ0) is 36.8. The second-order valence-corrected chi connectivity index (χ2v) is 18.7. The van der Waals surface area contributed by atoms with Gasteiger partial charge >= 0.3 is 11.9 Å². The van der Waals surface area contributed by atoms with Gasteiger partial charge in [0.1, 0.15) is 0 Å². The van der Waals surface area contributed by atoms with Crippen LogP contribution in [0.3, 0.4) is 0 Å². The van der Waals surface area contributed by atoms with Crippen molar-refractivity contribution in [2.24, 2.45) is 11.8 Å². The van der Waals surface area contributed by atoms with Crippen molar-refractivity contribution in [2.45, 2.75) is 116 Å². The van der Waals surface area contributed by atoms with Crippen molar-refractivity contribution < 1.29 is 31.7 Å². The highest BCUT2D eigenvalue weighted by molar-refractivity contribution is 7.91. The van der Waals surface area contributed by atoms with E-state index in [4.69, 9.17) is 9.47 Å². The summed E-state index contributed by atoms with van der Waals surface area (Å²) in [5.74, 6) is -0.683. The summed E-state index contributed by atoms with van der Waals surface area (Å²) < 4.78 is 53.2. The first-order valence-corrected chi connectivity index (χ1v) is 22.2. The van der Waals surface area contributed by atoms with Gasteiger partial charge in [-0.1, -0.05) is 84.4 Å². The average Bonchev–Trinajstić information content (AvgIpc) is 3.12. The molecule has 0 aliphatic heterocycles. The Bertz CT molecular complexity index is 1760. The molecule has 0 saturated carbocycles. The molecule has 0 aliphatic rings. The minimum Gasteiger partial charge on any atom is -0.465 e. The maximum atomic E-state index is 13.8. The summed E-state index contributed by atoms with van der Waals surface area (Å²) >= 11 is 1.40. The number of unbranched alkanes of at least 4 members (excludes halogenated alkanes) is 2. The van der Waals surface area contributed by atoms with Crippen molar-refractivity contribution in [3.05, 3.63) is 57.7 Å². The Kier molecular flexibility index (Phi) is 17.1. The number of sulfone groups is 1. The number of carbonyl (C=O) groups is 2. The van der Waals surface area contributed by atoms with Crippen LogP contribution in [0.1, 0.15) is 127 Å². The van der Waals surface area contributed by atoms with Gasteiger partial charge in [0.15, 0.2) is 15.3 Å². The third-order valence-corrected chi connectivity index (χ3v) is 14.7. The predicted molar refractivity (Wildman–Crippen MR) is 207 cm³/mol. The third kappa shape index (κ3) is 11.7. The van der Waals surface area contributed by atoms with E-state index in [0.29, 0.717) is 39.1 Å². The van der Waals surface area contributed by atoms with Crippen LogP contribution in [0.2, 0.25) is 0 Å². The number of rotatable bonds is 22. The highest BCUT2D eigenvalue weighted by Gasteiger charge is 2.28. The summed E-state index contributed by atoms with van der Waals surface area (Å²) in [5.41, 5.74) is 0.767. The Labute approximate surface area is 305 Å². The van der Waals surface area contributed by atoms with E-state index in [1.807, 2.05) is 12.1 Å². The van der Waals surface area contributed by atoms with E-state index in [0.717, 1.165) is 56.1 Å². The monoisotopic (exact) mass is 748 g/mol. The smallest absolute Gasteiger partial charge is 0.306 e. The molecule has 0 radical (unpaired) electrons. The van der Waals surface area contributed by atoms with Crippen molar-refractivity contribution in [2.75, 3.05) is 24.7 Å². The second kappa shape index (κ2) is 20.4. The van der Waals surface area contributed by atoms with E-state index in [1.54, 1.807) is 38.1 Å². The molecule has 0 fully saturated rings. The van der Waals surface area contributed by atoms with Crippen LogP contribution >= 0.6 is 11.3 Å². The molecule has 3 rings (SSSR count). The Balaban J connectivity index is 1.84. The topological polar surface area (TPSA) is 121 Å². The van der Waals surface area contributed by atoms with Gasteiger partial charge in [-0.15, -0.1) is 11.3 Å². The third-order valence-electron chi connectivity index (χ3n) is 9.71. The van der Waals surface area contributed by atoms with E-state index in [1.165, 1.54) is 11.3 Å². The van der Waals surface area contributed by atoms with E-state index in [9.17, 15) is 27.0 Å². The molecular weight excluding hydrogens is 693 g/mol. The number of hydrogen-bond acceptors (Lipinski definition) is 9. The van der Waals surface area contributed by atoms with E-state index in [-0.39, 0.29) is 42.5 Å². The van der Waals surface area contributed by atoms with Crippen LogP contribution < -0.4 is 5.43 Å². The van der Waals surface area contributed by atoms with Gasteiger partial charge in [-0.05, 0) is 67.9 Å². The SMILES string of the molecule is CCCCC(CC)COC(=O)CCS(=O)C(C)c1cc(C(C)S(=O)(=O)CCC(=O)OCC(CC)CCCC)cc2c(=O)c3ccccc3sc12. The summed E-state index contributed by atoms with van der Waals surface area (Å²) in [6, 6.07) is 10.6. The molecule has 1 aromatic heterocycles. The first-order chi connectivity index (χ1) is 23.9. The summed E-state index contributed by atoms with van der Waals surface area (Å²) in [7, 11) is -5.36. The number of hydrogen-bond donors (Lipinski definition) is 0. The van der Waals surface area contributed by atoms with E-state index in [2.05, 4.69) is 27.7 Å². The van der Waals surface area contributed by atoms with Crippen molar-refractivity contribution in [1.29, 1.82) is 0 Å². The molecule has 0 aliphatic carbocycles. The van der Waals surface area contributed by atoms with Gasteiger partial charge in [-0.2, -0.15) is 0 Å². The van der Waals surface area contributed by atoms with Gasteiger partial charge in [0, 0.05) is 36.7 Å². The maximum Gasteiger partial charge on any atom is 0.306 e. The highest BCUT2D eigenvalue weighted by atomic mass is 32.2. The predicted octanol–water partition coefficient (Wildman–Crippen LogP) is 9.00. The Hall–Kier alpha value is -2.63. The van der Waals surface area contributed by atoms with E-state index >= 15 is 0 Å². The normalized spacial score (nSPS) is 15.0. The molecule has 0 N–H and O–H groups in total. The molecule has 1 heterocycles. The quantitative estimate of drug-likeness (QED) is 0.0738. The van der Waals surface area contributed by atoms with Gasteiger partial charge in [-0.3, -0.25) is 18.6 Å².